The lowest BCUT2D eigenvalue weighted by Crippen LogP contribution is -2.07. The van der Waals surface area contributed by atoms with Crippen LogP contribution < -0.4 is 11.1 Å². The van der Waals surface area contributed by atoms with Gasteiger partial charge in [-0.2, -0.15) is 15.0 Å². The maximum absolute atomic E-state index is 5.83. The molecule has 0 radical (unpaired) electrons. The van der Waals surface area contributed by atoms with Gasteiger partial charge in [0.05, 0.1) is 5.75 Å². The third kappa shape index (κ3) is 3.60. The van der Waals surface area contributed by atoms with Crippen LogP contribution in [0.3, 0.4) is 0 Å². The first kappa shape index (κ1) is 16.3. The zero-order valence-electron chi connectivity index (χ0n) is 14.0. The maximum atomic E-state index is 5.83. The third-order valence-electron chi connectivity index (χ3n) is 3.69. The van der Waals surface area contributed by atoms with E-state index < -0.39 is 0 Å². The van der Waals surface area contributed by atoms with Gasteiger partial charge in [-0.15, -0.1) is 0 Å². The highest BCUT2D eigenvalue weighted by Gasteiger charge is 2.10. The Morgan fingerprint density at radius 3 is 2.65 bits per heavy atom. The van der Waals surface area contributed by atoms with Gasteiger partial charge in [0.1, 0.15) is 11.3 Å². The van der Waals surface area contributed by atoms with Crippen molar-refractivity contribution in [3.05, 3.63) is 59.9 Å². The number of aromatic nitrogens is 4. The molecule has 3 N–H and O–H groups in total. The number of hydrogen-bond acceptors (Lipinski definition) is 8. The minimum atomic E-state index is 0.171. The predicted molar refractivity (Wildman–Crippen MR) is 102 cm³/mol. The van der Waals surface area contributed by atoms with Gasteiger partial charge in [-0.25, -0.2) is 4.98 Å². The smallest absolute Gasteiger partial charge is 0.257 e. The Kier molecular flexibility index (Phi) is 4.40. The number of nitrogens with one attached hydrogen (secondary N) is 1. The van der Waals surface area contributed by atoms with E-state index in [2.05, 4.69) is 25.3 Å². The monoisotopic (exact) mass is 364 g/mol. The Bertz CT molecular complexity index is 1030. The molecule has 0 aliphatic rings. The highest BCUT2D eigenvalue weighted by Crippen LogP contribution is 2.26. The standard InChI is InChI=1S/C18H16N6OS/c1-11-6-2-3-7-12(11)20-17-23-15(22-16(19)24-17)10-26-18-21-13-8-4-5-9-14(13)25-18/h2-9H,10H2,1H3,(H3,19,20,22,23,24). The summed E-state index contributed by atoms with van der Waals surface area (Å²) in [5.74, 6) is 1.62. The van der Waals surface area contributed by atoms with Crippen LogP contribution in [0.1, 0.15) is 11.4 Å². The first-order chi connectivity index (χ1) is 12.7. The number of aryl methyl sites for hydroxylation is 1. The van der Waals surface area contributed by atoms with Crippen LogP contribution in [0, 0.1) is 6.92 Å². The Morgan fingerprint density at radius 2 is 1.81 bits per heavy atom. The van der Waals surface area contributed by atoms with Crippen molar-refractivity contribution in [2.75, 3.05) is 11.1 Å². The Morgan fingerprint density at radius 1 is 1.00 bits per heavy atom. The van der Waals surface area contributed by atoms with Crippen molar-refractivity contribution in [2.24, 2.45) is 0 Å². The molecule has 0 saturated carbocycles. The summed E-state index contributed by atoms with van der Waals surface area (Å²) in [6.45, 7) is 2.01. The van der Waals surface area contributed by atoms with Gasteiger partial charge in [-0.1, -0.05) is 42.1 Å². The van der Waals surface area contributed by atoms with E-state index in [-0.39, 0.29) is 5.95 Å². The second-order valence-corrected chi connectivity index (χ2v) is 6.54. The minimum Gasteiger partial charge on any atom is -0.431 e. The second-order valence-electron chi connectivity index (χ2n) is 5.61. The number of rotatable bonds is 5. The molecule has 0 aliphatic carbocycles. The van der Waals surface area contributed by atoms with Crippen molar-refractivity contribution in [1.29, 1.82) is 0 Å². The molecule has 0 aliphatic heterocycles. The minimum absolute atomic E-state index is 0.171. The summed E-state index contributed by atoms with van der Waals surface area (Å²) in [4.78, 5) is 17.2. The number of oxazole rings is 1. The summed E-state index contributed by atoms with van der Waals surface area (Å²) in [6.07, 6.45) is 0. The lowest BCUT2D eigenvalue weighted by Gasteiger charge is -2.09. The van der Waals surface area contributed by atoms with Crippen LogP contribution in [-0.2, 0) is 5.75 Å². The van der Waals surface area contributed by atoms with Gasteiger partial charge in [0.2, 0.25) is 11.9 Å². The van der Waals surface area contributed by atoms with Crippen LogP contribution in [0.4, 0.5) is 17.6 Å². The molecule has 0 unspecified atom stereocenters. The number of anilines is 3. The van der Waals surface area contributed by atoms with Crippen molar-refractivity contribution < 1.29 is 4.42 Å². The molecule has 7 nitrogen and oxygen atoms in total. The predicted octanol–water partition coefficient (Wildman–Crippen LogP) is 3.94. The molecule has 0 atom stereocenters. The molecule has 2 aromatic carbocycles. The van der Waals surface area contributed by atoms with Crippen molar-refractivity contribution in [3.63, 3.8) is 0 Å². The van der Waals surface area contributed by atoms with Gasteiger partial charge >= 0.3 is 0 Å². The fraction of sp³-hybridized carbons (Fsp3) is 0.111. The summed E-state index contributed by atoms with van der Waals surface area (Å²) in [5, 5.41) is 3.75. The molecule has 4 aromatic rings. The molecule has 0 bridgehead atoms. The number of fused-ring (bicyclic) bond motifs is 1. The molecule has 130 valence electrons. The van der Waals surface area contributed by atoms with E-state index in [0.717, 1.165) is 22.4 Å². The van der Waals surface area contributed by atoms with E-state index in [0.29, 0.717) is 22.7 Å². The third-order valence-corrected chi connectivity index (χ3v) is 4.51. The molecule has 0 spiro atoms. The average molecular weight is 364 g/mol. The number of nitrogens with two attached hydrogens (primary N) is 1. The van der Waals surface area contributed by atoms with Crippen molar-refractivity contribution >= 4 is 40.4 Å². The number of benzene rings is 2. The summed E-state index contributed by atoms with van der Waals surface area (Å²) < 4.78 is 5.70. The average Bonchev–Trinajstić information content (AvgIpc) is 3.05. The Labute approximate surface area is 154 Å². The fourth-order valence-electron chi connectivity index (χ4n) is 2.43. The molecule has 26 heavy (non-hydrogen) atoms. The van der Waals surface area contributed by atoms with E-state index in [9.17, 15) is 0 Å². The summed E-state index contributed by atoms with van der Waals surface area (Å²) in [7, 11) is 0. The lowest BCUT2D eigenvalue weighted by atomic mass is 10.2. The van der Waals surface area contributed by atoms with E-state index in [1.165, 1.54) is 11.8 Å². The van der Waals surface area contributed by atoms with Crippen molar-refractivity contribution in [2.45, 2.75) is 17.9 Å². The van der Waals surface area contributed by atoms with Crippen molar-refractivity contribution in [3.8, 4) is 0 Å². The van der Waals surface area contributed by atoms with Gasteiger partial charge in [-0.05, 0) is 30.7 Å². The molecular weight excluding hydrogens is 348 g/mol. The lowest BCUT2D eigenvalue weighted by molar-refractivity contribution is 0.489. The number of nitrogens with zero attached hydrogens (tertiary/aromatic N) is 4. The number of thioether (sulfide) groups is 1. The molecular formula is C18H16N6OS. The molecule has 2 heterocycles. The molecule has 4 rings (SSSR count). The van der Waals surface area contributed by atoms with Crippen LogP contribution in [0.2, 0.25) is 0 Å². The summed E-state index contributed by atoms with van der Waals surface area (Å²) in [6, 6.07) is 15.5. The summed E-state index contributed by atoms with van der Waals surface area (Å²) >= 11 is 1.41. The number of hydrogen-bond donors (Lipinski definition) is 2. The first-order valence-corrected chi connectivity index (χ1v) is 8.97. The number of para-hydroxylation sites is 3. The Balaban J connectivity index is 1.51. The highest BCUT2D eigenvalue weighted by molar-refractivity contribution is 7.98. The number of nitrogen functional groups attached to an aromatic ring is 1. The van der Waals surface area contributed by atoms with Crippen LogP contribution >= 0.6 is 11.8 Å². The van der Waals surface area contributed by atoms with Crippen LogP contribution in [0.15, 0.2) is 58.2 Å². The SMILES string of the molecule is Cc1ccccc1Nc1nc(N)nc(CSc2nc3ccccc3o2)n1. The van der Waals surface area contributed by atoms with Gasteiger partial charge in [0, 0.05) is 5.69 Å². The van der Waals surface area contributed by atoms with Crippen LogP contribution in [0.5, 0.6) is 0 Å². The van der Waals surface area contributed by atoms with E-state index in [4.69, 9.17) is 10.2 Å². The molecule has 2 aromatic heterocycles. The topological polar surface area (TPSA) is 103 Å². The van der Waals surface area contributed by atoms with Crippen molar-refractivity contribution in [1.82, 2.24) is 19.9 Å². The van der Waals surface area contributed by atoms with E-state index in [1.54, 1.807) is 0 Å². The second kappa shape index (κ2) is 7.01. The molecule has 0 fully saturated rings. The normalized spacial score (nSPS) is 11.0. The van der Waals surface area contributed by atoms with E-state index >= 15 is 0 Å². The molecule has 0 amide bonds. The fourth-order valence-corrected chi connectivity index (χ4v) is 3.12. The van der Waals surface area contributed by atoms with Gasteiger partial charge in [0.15, 0.2) is 5.58 Å². The first-order valence-electron chi connectivity index (χ1n) is 7.99. The van der Waals surface area contributed by atoms with Gasteiger partial charge in [0.25, 0.3) is 5.22 Å². The largest absolute Gasteiger partial charge is 0.431 e. The van der Waals surface area contributed by atoms with Gasteiger partial charge < -0.3 is 15.5 Å². The maximum Gasteiger partial charge on any atom is 0.257 e. The zero-order chi connectivity index (χ0) is 17.9. The summed E-state index contributed by atoms with van der Waals surface area (Å²) in [5.41, 5.74) is 9.43. The van der Waals surface area contributed by atoms with E-state index in [1.807, 2.05) is 55.5 Å². The molecule has 8 heteroatoms. The van der Waals surface area contributed by atoms with Gasteiger partial charge in [-0.3, -0.25) is 0 Å². The molecule has 0 saturated heterocycles. The van der Waals surface area contributed by atoms with Crippen LogP contribution in [-0.4, -0.2) is 19.9 Å². The quantitative estimate of drug-likeness (QED) is 0.513. The highest BCUT2D eigenvalue weighted by atomic mass is 32.2. The zero-order valence-corrected chi connectivity index (χ0v) is 14.8. The van der Waals surface area contributed by atoms with Crippen LogP contribution in [0.25, 0.3) is 11.1 Å². The Hall–Kier alpha value is -3.13.